The molecular formula is C37H60O2. The van der Waals surface area contributed by atoms with Gasteiger partial charge in [0.05, 0.1) is 14.2 Å². The summed E-state index contributed by atoms with van der Waals surface area (Å²) in [5.74, 6) is 2.71. The third-order valence-corrected chi connectivity index (χ3v) is 8.78. The first-order chi connectivity index (χ1) is 18.9. The van der Waals surface area contributed by atoms with Crippen LogP contribution in [0.2, 0.25) is 0 Å². The van der Waals surface area contributed by atoms with Gasteiger partial charge in [-0.15, -0.1) is 0 Å². The highest BCUT2D eigenvalue weighted by atomic mass is 16.5. The van der Waals surface area contributed by atoms with Crippen molar-refractivity contribution >= 4 is 0 Å². The first kappa shape index (κ1) is 33.2. The van der Waals surface area contributed by atoms with Crippen molar-refractivity contribution in [3.8, 4) is 11.5 Å². The summed E-state index contributed by atoms with van der Waals surface area (Å²) < 4.78 is 11.8. The summed E-state index contributed by atoms with van der Waals surface area (Å²) in [4.78, 5) is 0. The van der Waals surface area contributed by atoms with Crippen LogP contribution in [0.25, 0.3) is 0 Å². The van der Waals surface area contributed by atoms with E-state index in [2.05, 4.69) is 65.8 Å². The highest BCUT2D eigenvalue weighted by molar-refractivity contribution is 5.61. The highest BCUT2D eigenvalue weighted by Crippen LogP contribution is 2.46. The number of methoxy groups -OCH3 is 2. The van der Waals surface area contributed by atoms with E-state index in [0.717, 1.165) is 11.5 Å². The fraction of sp³-hybridized carbons (Fsp3) is 0.676. The topological polar surface area (TPSA) is 18.5 Å². The Morgan fingerprint density at radius 1 is 0.564 bits per heavy atom. The Labute approximate surface area is 242 Å². The number of rotatable bonds is 20. The third kappa shape index (κ3) is 10.2. The molecule has 0 radical (unpaired) electrons. The van der Waals surface area contributed by atoms with Crippen LogP contribution in [0.4, 0.5) is 0 Å². The molecule has 0 saturated carbocycles. The van der Waals surface area contributed by atoms with Crippen LogP contribution in [-0.4, -0.2) is 14.2 Å². The van der Waals surface area contributed by atoms with Crippen LogP contribution in [-0.2, 0) is 6.42 Å². The normalized spacial score (nSPS) is 12.2. The molecule has 0 bridgehead atoms. The summed E-state index contributed by atoms with van der Waals surface area (Å²) in [6.07, 6.45) is 20.9. The first-order valence-corrected chi connectivity index (χ1v) is 16.2. The second-order valence-corrected chi connectivity index (χ2v) is 12.2. The van der Waals surface area contributed by atoms with Gasteiger partial charge in [0.1, 0.15) is 11.5 Å². The number of hydrogen-bond donors (Lipinski definition) is 0. The quantitative estimate of drug-likeness (QED) is 0.157. The number of unbranched alkanes of at least 4 members (excludes halogenated alkanes) is 13. The molecule has 2 aromatic carbocycles. The molecule has 2 rings (SSSR count). The lowest BCUT2D eigenvalue weighted by atomic mass is 9.78. The monoisotopic (exact) mass is 536 g/mol. The molecule has 220 valence electrons. The van der Waals surface area contributed by atoms with Crippen LogP contribution in [0.5, 0.6) is 11.5 Å². The van der Waals surface area contributed by atoms with Crippen molar-refractivity contribution in [3.05, 3.63) is 57.6 Å². The van der Waals surface area contributed by atoms with Gasteiger partial charge >= 0.3 is 0 Å². The van der Waals surface area contributed by atoms with Gasteiger partial charge in [-0.05, 0) is 67.3 Å². The maximum atomic E-state index is 5.99. The minimum absolute atomic E-state index is 0.267. The Morgan fingerprint density at radius 2 is 1.00 bits per heavy atom. The Morgan fingerprint density at radius 3 is 1.44 bits per heavy atom. The Balaban J connectivity index is 1.82. The molecule has 0 saturated heterocycles. The SMILES string of the molecule is CCCCCCCCCCCCCCCCc1ccc(C(c2c(C)c(OC)c(C)c(C)c2OC)C(C)C)cc1. The van der Waals surface area contributed by atoms with Crippen LogP contribution < -0.4 is 9.47 Å². The van der Waals surface area contributed by atoms with Crippen LogP contribution >= 0.6 is 0 Å². The van der Waals surface area contributed by atoms with Gasteiger partial charge in [-0.3, -0.25) is 0 Å². The largest absolute Gasteiger partial charge is 0.496 e. The molecule has 0 aromatic heterocycles. The van der Waals surface area contributed by atoms with E-state index >= 15 is 0 Å². The minimum Gasteiger partial charge on any atom is -0.496 e. The van der Waals surface area contributed by atoms with Gasteiger partial charge in [-0.2, -0.15) is 0 Å². The molecular weight excluding hydrogens is 476 g/mol. The van der Waals surface area contributed by atoms with Gasteiger partial charge in [-0.1, -0.05) is 129 Å². The van der Waals surface area contributed by atoms with Crippen LogP contribution in [0.15, 0.2) is 24.3 Å². The fourth-order valence-electron chi connectivity index (χ4n) is 6.36. The third-order valence-electron chi connectivity index (χ3n) is 8.78. The summed E-state index contributed by atoms with van der Waals surface area (Å²) in [5.41, 5.74) is 7.63. The smallest absolute Gasteiger partial charge is 0.126 e. The van der Waals surface area contributed by atoms with Crippen LogP contribution in [0.1, 0.15) is 150 Å². The lowest BCUT2D eigenvalue weighted by molar-refractivity contribution is 0.384. The number of benzene rings is 2. The van der Waals surface area contributed by atoms with Crippen molar-refractivity contribution in [2.75, 3.05) is 14.2 Å². The molecule has 1 atom stereocenters. The van der Waals surface area contributed by atoms with E-state index in [1.165, 1.54) is 130 Å². The minimum atomic E-state index is 0.267. The predicted molar refractivity (Wildman–Crippen MR) is 171 cm³/mol. The first-order valence-electron chi connectivity index (χ1n) is 16.2. The molecule has 2 aromatic rings. The molecule has 0 heterocycles. The molecule has 0 fully saturated rings. The maximum absolute atomic E-state index is 5.99. The average molecular weight is 537 g/mol. The van der Waals surface area contributed by atoms with Gasteiger partial charge in [0.2, 0.25) is 0 Å². The lowest BCUT2D eigenvalue weighted by Gasteiger charge is -2.29. The van der Waals surface area contributed by atoms with Gasteiger partial charge in [-0.25, -0.2) is 0 Å². The van der Waals surface area contributed by atoms with Crippen molar-refractivity contribution in [2.45, 2.75) is 144 Å². The molecule has 1 unspecified atom stereocenters. The lowest BCUT2D eigenvalue weighted by Crippen LogP contribution is -2.14. The predicted octanol–water partition coefficient (Wildman–Crippen LogP) is 11.4. The molecule has 39 heavy (non-hydrogen) atoms. The van der Waals surface area contributed by atoms with E-state index in [0.29, 0.717) is 5.92 Å². The van der Waals surface area contributed by atoms with E-state index in [1.54, 1.807) is 14.2 Å². The van der Waals surface area contributed by atoms with Gasteiger partial charge in [0.25, 0.3) is 0 Å². The van der Waals surface area contributed by atoms with Crippen LogP contribution in [0.3, 0.4) is 0 Å². The van der Waals surface area contributed by atoms with Gasteiger partial charge in [0.15, 0.2) is 0 Å². The van der Waals surface area contributed by atoms with E-state index in [1.807, 2.05) is 0 Å². The highest BCUT2D eigenvalue weighted by Gasteiger charge is 2.28. The fourth-order valence-corrected chi connectivity index (χ4v) is 6.36. The van der Waals surface area contributed by atoms with Gasteiger partial charge < -0.3 is 9.47 Å². The summed E-state index contributed by atoms with van der Waals surface area (Å²) in [6.45, 7) is 13.4. The molecule has 0 spiro atoms. The zero-order chi connectivity index (χ0) is 28.6. The number of hydrogen-bond acceptors (Lipinski definition) is 2. The van der Waals surface area contributed by atoms with Crippen LogP contribution in [0, 0.1) is 26.7 Å². The molecule has 0 aliphatic rings. The van der Waals surface area contributed by atoms with Crippen molar-refractivity contribution in [1.29, 1.82) is 0 Å². The second kappa shape index (κ2) is 18.4. The Bertz CT molecular complexity index is 941. The average Bonchev–Trinajstić information content (AvgIpc) is 2.93. The molecule has 0 amide bonds. The number of ether oxygens (including phenoxy) is 2. The standard InChI is InChI=1S/C37H60O2/c1-9-10-11-12-13-14-15-16-17-18-19-20-21-22-23-32-24-26-33(27-25-32)34(28(2)3)35-31(6)36(38-7)29(4)30(5)37(35)39-8/h24-28,34H,9-23H2,1-8H3. The summed E-state index contributed by atoms with van der Waals surface area (Å²) in [6, 6.07) is 9.41. The second-order valence-electron chi connectivity index (χ2n) is 12.2. The maximum Gasteiger partial charge on any atom is 0.126 e. The van der Waals surface area contributed by atoms with E-state index in [9.17, 15) is 0 Å². The summed E-state index contributed by atoms with van der Waals surface area (Å²) in [5, 5.41) is 0. The molecule has 2 nitrogen and oxygen atoms in total. The van der Waals surface area contributed by atoms with Crippen molar-refractivity contribution in [1.82, 2.24) is 0 Å². The summed E-state index contributed by atoms with van der Waals surface area (Å²) in [7, 11) is 3.58. The number of aryl methyl sites for hydroxylation is 1. The zero-order valence-electron chi connectivity index (χ0n) is 26.9. The molecule has 2 heteroatoms. The van der Waals surface area contributed by atoms with E-state index < -0.39 is 0 Å². The summed E-state index contributed by atoms with van der Waals surface area (Å²) >= 11 is 0. The zero-order valence-corrected chi connectivity index (χ0v) is 26.9. The van der Waals surface area contributed by atoms with E-state index in [4.69, 9.17) is 9.47 Å². The van der Waals surface area contributed by atoms with E-state index in [-0.39, 0.29) is 5.92 Å². The van der Waals surface area contributed by atoms with Gasteiger partial charge in [0, 0.05) is 11.5 Å². The Kier molecular flexibility index (Phi) is 15.7. The molecule has 0 N–H and O–H groups in total. The molecule has 0 aliphatic heterocycles. The van der Waals surface area contributed by atoms with Crippen molar-refractivity contribution in [2.24, 2.45) is 5.92 Å². The van der Waals surface area contributed by atoms with Crippen molar-refractivity contribution < 1.29 is 9.47 Å². The molecule has 0 aliphatic carbocycles. The van der Waals surface area contributed by atoms with Crippen molar-refractivity contribution in [3.63, 3.8) is 0 Å². The Hall–Kier alpha value is -1.96.